The number of esters is 1. The summed E-state index contributed by atoms with van der Waals surface area (Å²) in [6.07, 6.45) is 0.609. The Morgan fingerprint density at radius 1 is 1.18 bits per heavy atom. The van der Waals surface area contributed by atoms with Crippen LogP contribution >= 0.6 is 0 Å². The van der Waals surface area contributed by atoms with Crippen molar-refractivity contribution in [3.63, 3.8) is 0 Å². The zero-order chi connectivity index (χ0) is 24.8. The molecular formula is C22H29N7O5. The molecule has 0 aliphatic rings. The van der Waals surface area contributed by atoms with Gasteiger partial charge in [-0.2, -0.15) is 5.10 Å². The largest absolute Gasteiger partial charge is 0.494 e. The van der Waals surface area contributed by atoms with E-state index in [0.29, 0.717) is 48.5 Å². The first-order valence-corrected chi connectivity index (χ1v) is 10.8. The molecule has 1 aromatic carbocycles. The molecule has 0 aliphatic heterocycles. The van der Waals surface area contributed by atoms with Gasteiger partial charge in [-0.1, -0.05) is 0 Å². The molecular weight excluding hydrogens is 442 g/mol. The summed E-state index contributed by atoms with van der Waals surface area (Å²) in [4.78, 5) is 40.7. The molecule has 3 rings (SSSR count). The minimum atomic E-state index is -0.616. The van der Waals surface area contributed by atoms with E-state index in [1.54, 1.807) is 27.4 Å². The number of amides is 2. The number of anilines is 1. The van der Waals surface area contributed by atoms with Crippen molar-refractivity contribution in [1.82, 2.24) is 24.6 Å². The Balaban J connectivity index is 1.95. The highest BCUT2D eigenvalue weighted by Crippen LogP contribution is 2.31. The third kappa shape index (κ3) is 5.34. The summed E-state index contributed by atoms with van der Waals surface area (Å²) < 4.78 is 13.5. The highest BCUT2D eigenvalue weighted by Gasteiger charge is 2.21. The molecule has 182 valence electrons. The standard InChI is InChI=1S/C22H29N7O5/c1-5-29-16(9-13(2)27-29)21(32)26-22-25-15-10-14(20(23)31)11-17(33-3)19(15)28(22)8-6-7-24-12-18(30)34-4/h9-11,24H,5-8,12H2,1-4H3,(H2,23,31)(H,25,26,32). The van der Waals surface area contributed by atoms with Crippen LogP contribution < -0.4 is 21.1 Å². The Bertz CT molecular complexity index is 1210. The quantitative estimate of drug-likeness (QED) is 0.277. The van der Waals surface area contributed by atoms with Gasteiger partial charge in [0.2, 0.25) is 11.9 Å². The maximum absolute atomic E-state index is 13.1. The van der Waals surface area contributed by atoms with Gasteiger partial charge in [-0.25, -0.2) is 4.98 Å². The summed E-state index contributed by atoms with van der Waals surface area (Å²) in [6.45, 7) is 5.31. The second-order valence-corrected chi connectivity index (χ2v) is 7.54. The summed E-state index contributed by atoms with van der Waals surface area (Å²) in [5, 5.41) is 10.2. The number of hydrogen-bond acceptors (Lipinski definition) is 8. The number of carbonyl (C=O) groups is 3. The predicted molar refractivity (Wildman–Crippen MR) is 125 cm³/mol. The monoisotopic (exact) mass is 471 g/mol. The topological polar surface area (TPSA) is 155 Å². The molecule has 2 aromatic heterocycles. The second kappa shape index (κ2) is 10.8. The van der Waals surface area contributed by atoms with Crippen LogP contribution in [0.1, 0.15) is 39.9 Å². The molecule has 3 aromatic rings. The number of ether oxygens (including phenoxy) is 2. The van der Waals surface area contributed by atoms with E-state index >= 15 is 0 Å². The van der Waals surface area contributed by atoms with Gasteiger partial charge in [-0.05, 0) is 45.0 Å². The molecule has 0 atom stereocenters. The van der Waals surface area contributed by atoms with Gasteiger partial charge in [0.1, 0.15) is 17.0 Å². The fourth-order valence-corrected chi connectivity index (χ4v) is 3.60. The normalized spacial score (nSPS) is 10.9. The number of hydrogen-bond donors (Lipinski definition) is 3. The number of nitrogens with one attached hydrogen (secondary N) is 2. The minimum absolute atomic E-state index is 0.0937. The molecule has 2 amide bonds. The molecule has 12 nitrogen and oxygen atoms in total. The molecule has 0 radical (unpaired) electrons. The zero-order valence-corrected chi connectivity index (χ0v) is 19.7. The summed E-state index contributed by atoms with van der Waals surface area (Å²) in [7, 11) is 2.81. The van der Waals surface area contributed by atoms with Crippen LogP contribution in [0, 0.1) is 6.92 Å². The maximum atomic E-state index is 13.1. The van der Waals surface area contributed by atoms with Crippen molar-refractivity contribution in [2.24, 2.45) is 5.73 Å². The lowest BCUT2D eigenvalue weighted by Gasteiger charge is -2.13. The maximum Gasteiger partial charge on any atom is 0.319 e. The summed E-state index contributed by atoms with van der Waals surface area (Å²) in [6, 6.07) is 4.80. The lowest BCUT2D eigenvalue weighted by Crippen LogP contribution is -2.25. The molecule has 0 spiro atoms. The Hall–Kier alpha value is -3.93. The van der Waals surface area contributed by atoms with Gasteiger partial charge in [-0.3, -0.25) is 24.4 Å². The van der Waals surface area contributed by atoms with Crippen molar-refractivity contribution in [3.05, 3.63) is 35.2 Å². The molecule has 0 saturated carbocycles. The predicted octanol–water partition coefficient (Wildman–Crippen LogP) is 1.07. The van der Waals surface area contributed by atoms with E-state index in [2.05, 4.69) is 25.5 Å². The first-order chi connectivity index (χ1) is 16.3. The second-order valence-electron chi connectivity index (χ2n) is 7.54. The molecule has 0 unspecified atom stereocenters. The number of fused-ring (bicyclic) bond motifs is 1. The summed E-state index contributed by atoms with van der Waals surface area (Å²) in [5.41, 5.74) is 7.89. The van der Waals surface area contributed by atoms with E-state index < -0.39 is 5.91 Å². The van der Waals surface area contributed by atoms with E-state index in [9.17, 15) is 14.4 Å². The Labute approximate surface area is 196 Å². The van der Waals surface area contributed by atoms with E-state index in [4.69, 9.17) is 10.5 Å². The molecule has 34 heavy (non-hydrogen) atoms. The van der Waals surface area contributed by atoms with Gasteiger partial charge in [0, 0.05) is 18.7 Å². The fourth-order valence-electron chi connectivity index (χ4n) is 3.60. The molecule has 12 heteroatoms. The van der Waals surface area contributed by atoms with Crippen LogP contribution in [0.4, 0.5) is 5.95 Å². The number of aromatic nitrogens is 4. The SMILES string of the molecule is CCn1nc(C)cc1C(=O)Nc1nc2cc(C(N)=O)cc(OC)c2n1CCCNCC(=O)OC. The van der Waals surface area contributed by atoms with Crippen LogP contribution in [0.25, 0.3) is 11.0 Å². The van der Waals surface area contributed by atoms with Crippen LogP contribution in [-0.4, -0.2) is 64.4 Å². The van der Waals surface area contributed by atoms with E-state index in [0.717, 1.165) is 5.69 Å². The van der Waals surface area contributed by atoms with E-state index in [-0.39, 0.29) is 29.9 Å². The number of primary amides is 1. The summed E-state index contributed by atoms with van der Waals surface area (Å²) in [5.74, 6) is -0.651. The Morgan fingerprint density at radius 2 is 1.94 bits per heavy atom. The van der Waals surface area contributed by atoms with Crippen molar-refractivity contribution < 1.29 is 23.9 Å². The number of imidazole rings is 1. The van der Waals surface area contributed by atoms with Crippen molar-refractivity contribution in [1.29, 1.82) is 0 Å². The Kier molecular flexibility index (Phi) is 7.84. The van der Waals surface area contributed by atoms with E-state index in [1.807, 2.05) is 13.8 Å². The number of rotatable bonds is 11. The number of carbonyl (C=O) groups excluding carboxylic acids is 3. The van der Waals surface area contributed by atoms with Crippen molar-refractivity contribution in [2.75, 3.05) is 32.6 Å². The summed E-state index contributed by atoms with van der Waals surface area (Å²) >= 11 is 0. The smallest absolute Gasteiger partial charge is 0.319 e. The highest BCUT2D eigenvalue weighted by atomic mass is 16.5. The highest BCUT2D eigenvalue weighted by molar-refractivity contribution is 6.04. The molecule has 2 heterocycles. The number of methoxy groups -OCH3 is 2. The lowest BCUT2D eigenvalue weighted by atomic mass is 10.1. The molecule has 0 saturated heterocycles. The number of nitrogens with two attached hydrogens (primary N) is 1. The van der Waals surface area contributed by atoms with E-state index in [1.165, 1.54) is 14.2 Å². The zero-order valence-electron chi connectivity index (χ0n) is 19.7. The molecule has 4 N–H and O–H groups in total. The molecule has 0 bridgehead atoms. The molecule has 0 fully saturated rings. The minimum Gasteiger partial charge on any atom is -0.494 e. The first-order valence-electron chi connectivity index (χ1n) is 10.8. The van der Waals surface area contributed by atoms with Crippen LogP contribution in [0.15, 0.2) is 18.2 Å². The Morgan fingerprint density at radius 3 is 2.59 bits per heavy atom. The first kappa shape index (κ1) is 24.7. The van der Waals surface area contributed by atoms with Gasteiger partial charge in [0.15, 0.2) is 0 Å². The van der Waals surface area contributed by atoms with Crippen molar-refractivity contribution in [2.45, 2.75) is 33.4 Å². The van der Waals surface area contributed by atoms with Crippen molar-refractivity contribution >= 4 is 34.8 Å². The van der Waals surface area contributed by atoms with Crippen LogP contribution in [0.3, 0.4) is 0 Å². The van der Waals surface area contributed by atoms with Crippen molar-refractivity contribution in [3.8, 4) is 5.75 Å². The van der Waals surface area contributed by atoms with Gasteiger partial charge < -0.3 is 25.1 Å². The van der Waals surface area contributed by atoms with Gasteiger partial charge in [0.25, 0.3) is 5.91 Å². The molecule has 0 aliphatic carbocycles. The van der Waals surface area contributed by atoms with Gasteiger partial charge in [-0.15, -0.1) is 0 Å². The van der Waals surface area contributed by atoms with Crippen LogP contribution in [0.2, 0.25) is 0 Å². The van der Waals surface area contributed by atoms with Gasteiger partial charge >= 0.3 is 5.97 Å². The van der Waals surface area contributed by atoms with Crippen LogP contribution in [0.5, 0.6) is 5.75 Å². The number of aryl methyl sites for hydroxylation is 3. The lowest BCUT2D eigenvalue weighted by molar-refractivity contribution is -0.139. The fraction of sp³-hybridized carbons (Fsp3) is 0.409. The van der Waals surface area contributed by atoms with Crippen LogP contribution in [-0.2, 0) is 22.6 Å². The van der Waals surface area contributed by atoms with Gasteiger partial charge in [0.05, 0.1) is 32.0 Å². The third-order valence-electron chi connectivity index (χ3n) is 5.20. The number of benzene rings is 1. The average molecular weight is 472 g/mol. The number of nitrogens with zero attached hydrogens (tertiary/aromatic N) is 4. The third-order valence-corrected chi connectivity index (χ3v) is 5.20. The average Bonchev–Trinajstić information content (AvgIpc) is 3.37.